The Morgan fingerprint density at radius 1 is 1.00 bits per heavy atom. The summed E-state index contributed by atoms with van der Waals surface area (Å²) < 4.78 is 1.02. The van der Waals surface area contributed by atoms with E-state index in [1.54, 1.807) is 12.4 Å². The lowest BCUT2D eigenvalue weighted by atomic mass is 9.64. The third-order valence-corrected chi connectivity index (χ3v) is 5.29. The summed E-state index contributed by atoms with van der Waals surface area (Å²) in [6.45, 7) is 0. The van der Waals surface area contributed by atoms with Crippen molar-refractivity contribution in [1.29, 1.82) is 0 Å². The summed E-state index contributed by atoms with van der Waals surface area (Å²) in [5.41, 5.74) is 3.02. The molecule has 3 aromatic rings. The SMILES string of the molecule is O=C(Nc1ccc2nccnc2c1)C1(c2ccc(Br)cc2)CCC1. The number of nitrogens with zero attached hydrogens (tertiary/aromatic N) is 2. The minimum Gasteiger partial charge on any atom is -0.325 e. The van der Waals surface area contributed by atoms with Crippen LogP contribution in [0.25, 0.3) is 11.0 Å². The van der Waals surface area contributed by atoms with Gasteiger partial charge in [-0.3, -0.25) is 14.8 Å². The molecule has 0 atom stereocenters. The highest BCUT2D eigenvalue weighted by atomic mass is 79.9. The fourth-order valence-corrected chi connectivity index (χ4v) is 3.50. The van der Waals surface area contributed by atoms with Gasteiger partial charge in [-0.05, 0) is 48.7 Å². The van der Waals surface area contributed by atoms with E-state index in [1.807, 2.05) is 42.5 Å². The maximum atomic E-state index is 13.0. The third-order valence-electron chi connectivity index (χ3n) is 4.77. The van der Waals surface area contributed by atoms with Gasteiger partial charge in [0, 0.05) is 22.6 Å². The Hall–Kier alpha value is -2.27. The van der Waals surface area contributed by atoms with Crippen molar-refractivity contribution >= 4 is 38.6 Å². The zero-order valence-electron chi connectivity index (χ0n) is 13.0. The number of benzene rings is 2. The van der Waals surface area contributed by atoms with Gasteiger partial charge < -0.3 is 5.32 Å². The quantitative estimate of drug-likeness (QED) is 0.728. The highest BCUT2D eigenvalue weighted by molar-refractivity contribution is 9.10. The number of aromatic nitrogens is 2. The summed E-state index contributed by atoms with van der Waals surface area (Å²) in [6, 6.07) is 13.7. The van der Waals surface area contributed by atoms with Gasteiger partial charge in [0.25, 0.3) is 0 Å². The van der Waals surface area contributed by atoms with Crippen LogP contribution in [0.1, 0.15) is 24.8 Å². The van der Waals surface area contributed by atoms with Gasteiger partial charge in [-0.1, -0.05) is 34.5 Å². The lowest BCUT2D eigenvalue weighted by Crippen LogP contribution is -2.46. The van der Waals surface area contributed by atoms with Crippen molar-refractivity contribution in [3.05, 3.63) is 64.9 Å². The van der Waals surface area contributed by atoms with Gasteiger partial charge in [0.15, 0.2) is 0 Å². The molecule has 0 saturated heterocycles. The molecule has 2 aromatic carbocycles. The molecule has 1 fully saturated rings. The van der Waals surface area contributed by atoms with Crippen LogP contribution < -0.4 is 5.32 Å². The van der Waals surface area contributed by atoms with Crippen molar-refractivity contribution < 1.29 is 4.79 Å². The molecule has 0 bridgehead atoms. The van der Waals surface area contributed by atoms with Crippen LogP contribution in [0, 0.1) is 0 Å². The number of amides is 1. The number of carbonyl (C=O) groups excluding carboxylic acids is 1. The molecule has 1 aliphatic carbocycles. The van der Waals surface area contributed by atoms with Crippen LogP contribution in [0.15, 0.2) is 59.3 Å². The van der Waals surface area contributed by atoms with E-state index in [2.05, 4.69) is 31.2 Å². The molecule has 1 aliphatic rings. The van der Waals surface area contributed by atoms with Crippen LogP contribution in [0.4, 0.5) is 5.69 Å². The number of fused-ring (bicyclic) bond motifs is 1. The van der Waals surface area contributed by atoms with Crippen molar-refractivity contribution in [2.45, 2.75) is 24.7 Å². The van der Waals surface area contributed by atoms with Crippen LogP contribution in [0.5, 0.6) is 0 Å². The third kappa shape index (κ3) is 2.59. The Morgan fingerprint density at radius 3 is 2.38 bits per heavy atom. The first-order valence-electron chi connectivity index (χ1n) is 7.96. The second-order valence-electron chi connectivity index (χ2n) is 6.16. The maximum absolute atomic E-state index is 13.0. The normalized spacial score (nSPS) is 15.7. The first-order valence-corrected chi connectivity index (χ1v) is 8.75. The Morgan fingerprint density at radius 2 is 1.71 bits per heavy atom. The predicted octanol–water partition coefficient (Wildman–Crippen LogP) is 4.45. The van der Waals surface area contributed by atoms with Gasteiger partial charge in [-0.15, -0.1) is 0 Å². The number of rotatable bonds is 3. The maximum Gasteiger partial charge on any atom is 0.235 e. The fourth-order valence-electron chi connectivity index (χ4n) is 3.24. The zero-order chi connectivity index (χ0) is 16.6. The highest BCUT2D eigenvalue weighted by Crippen LogP contribution is 2.44. The summed E-state index contributed by atoms with van der Waals surface area (Å²) in [7, 11) is 0. The number of anilines is 1. The molecule has 4 rings (SSSR count). The van der Waals surface area contributed by atoms with E-state index in [9.17, 15) is 4.79 Å². The molecule has 1 amide bonds. The monoisotopic (exact) mass is 381 g/mol. The van der Waals surface area contributed by atoms with E-state index in [4.69, 9.17) is 0 Å². The molecule has 0 spiro atoms. The molecule has 24 heavy (non-hydrogen) atoms. The number of hydrogen-bond donors (Lipinski definition) is 1. The van der Waals surface area contributed by atoms with Crippen molar-refractivity contribution in [2.75, 3.05) is 5.32 Å². The fraction of sp³-hybridized carbons (Fsp3) is 0.211. The molecular weight excluding hydrogens is 366 g/mol. The van der Waals surface area contributed by atoms with Gasteiger partial charge in [-0.2, -0.15) is 0 Å². The summed E-state index contributed by atoms with van der Waals surface area (Å²) in [4.78, 5) is 21.5. The lowest BCUT2D eigenvalue weighted by molar-refractivity contribution is -0.124. The standard InChI is InChI=1S/C19H16BrN3O/c20-14-4-2-13(3-5-14)19(8-1-9-19)18(24)23-15-6-7-16-17(12-15)22-11-10-21-16/h2-7,10-12H,1,8-9H2,(H,23,24). The summed E-state index contributed by atoms with van der Waals surface area (Å²) in [5, 5.41) is 3.07. The Kier molecular flexibility index (Phi) is 3.81. The molecule has 0 radical (unpaired) electrons. The van der Waals surface area contributed by atoms with Gasteiger partial charge in [-0.25, -0.2) is 0 Å². The summed E-state index contributed by atoms with van der Waals surface area (Å²) in [6.07, 6.45) is 6.16. The molecule has 4 nitrogen and oxygen atoms in total. The molecule has 0 aliphatic heterocycles. The zero-order valence-corrected chi connectivity index (χ0v) is 14.6. The van der Waals surface area contributed by atoms with E-state index in [0.717, 1.165) is 46.0 Å². The first kappa shape index (κ1) is 15.3. The van der Waals surface area contributed by atoms with Crippen LogP contribution in [0.3, 0.4) is 0 Å². The second kappa shape index (κ2) is 5.98. The Bertz CT molecular complexity index is 904. The van der Waals surface area contributed by atoms with Crippen LogP contribution >= 0.6 is 15.9 Å². The molecule has 1 N–H and O–H groups in total. The van der Waals surface area contributed by atoms with Gasteiger partial charge >= 0.3 is 0 Å². The van der Waals surface area contributed by atoms with E-state index < -0.39 is 5.41 Å². The van der Waals surface area contributed by atoms with Crippen molar-refractivity contribution in [1.82, 2.24) is 9.97 Å². The molecular formula is C19H16BrN3O. The minimum atomic E-state index is -0.419. The Labute approximate surface area is 148 Å². The number of carbonyl (C=O) groups is 1. The van der Waals surface area contributed by atoms with Crippen LogP contribution in [0.2, 0.25) is 0 Å². The number of halogens is 1. The van der Waals surface area contributed by atoms with E-state index in [-0.39, 0.29) is 5.91 Å². The smallest absolute Gasteiger partial charge is 0.235 e. The summed E-state index contributed by atoms with van der Waals surface area (Å²) >= 11 is 3.45. The minimum absolute atomic E-state index is 0.0549. The average molecular weight is 382 g/mol. The lowest BCUT2D eigenvalue weighted by Gasteiger charge is -2.40. The van der Waals surface area contributed by atoms with Gasteiger partial charge in [0.2, 0.25) is 5.91 Å². The average Bonchev–Trinajstić information content (AvgIpc) is 2.55. The molecule has 1 saturated carbocycles. The van der Waals surface area contributed by atoms with Crippen molar-refractivity contribution in [3.8, 4) is 0 Å². The van der Waals surface area contributed by atoms with E-state index >= 15 is 0 Å². The molecule has 120 valence electrons. The molecule has 5 heteroatoms. The second-order valence-corrected chi connectivity index (χ2v) is 7.07. The topological polar surface area (TPSA) is 54.9 Å². The number of hydrogen-bond acceptors (Lipinski definition) is 3. The largest absolute Gasteiger partial charge is 0.325 e. The Balaban J connectivity index is 1.62. The first-order chi connectivity index (χ1) is 11.7. The molecule has 0 unspecified atom stereocenters. The van der Waals surface area contributed by atoms with Crippen LogP contribution in [-0.4, -0.2) is 15.9 Å². The summed E-state index contributed by atoms with van der Waals surface area (Å²) in [5.74, 6) is 0.0549. The van der Waals surface area contributed by atoms with Crippen molar-refractivity contribution in [2.24, 2.45) is 0 Å². The molecule has 1 heterocycles. The highest BCUT2D eigenvalue weighted by Gasteiger charge is 2.45. The van der Waals surface area contributed by atoms with Crippen molar-refractivity contribution in [3.63, 3.8) is 0 Å². The number of nitrogens with one attached hydrogen (secondary N) is 1. The van der Waals surface area contributed by atoms with E-state index in [0.29, 0.717) is 0 Å². The molecule has 1 aromatic heterocycles. The van der Waals surface area contributed by atoms with Crippen LogP contribution in [-0.2, 0) is 10.2 Å². The van der Waals surface area contributed by atoms with Gasteiger partial charge in [0.05, 0.1) is 16.4 Å². The predicted molar refractivity (Wildman–Crippen MR) is 97.8 cm³/mol. The van der Waals surface area contributed by atoms with E-state index in [1.165, 1.54) is 0 Å². The van der Waals surface area contributed by atoms with Gasteiger partial charge in [0.1, 0.15) is 0 Å².